The first-order valence-corrected chi connectivity index (χ1v) is 7.06. The monoisotopic (exact) mass is 263 g/mol. The van der Waals surface area contributed by atoms with E-state index in [0.29, 0.717) is 12.5 Å². The fourth-order valence-electron chi connectivity index (χ4n) is 2.87. The van der Waals surface area contributed by atoms with Gasteiger partial charge in [-0.3, -0.25) is 4.90 Å². The summed E-state index contributed by atoms with van der Waals surface area (Å²) in [4.78, 5) is 2.31. The van der Waals surface area contributed by atoms with E-state index in [1.54, 1.807) is 7.11 Å². The molecule has 1 N–H and O–H groups in total. The highest BCUT2D eigenvalue weighted by atomic mass is 16.5. The number of benzene rings is 1. The van der Waals surface area contributed by atoms with Crippen LogP contribution in [0.3, 0.4) is 0 Å². The van der Waals surface area contributed by atoms with Crippen LogP contribution in [0.5, 0.6) is 0 Å². The number of aliphatic hydroxyl groups is 1. The number of nitrogens with zero attached hydrogens (tertiary/aromatic N) is 1. The maximum Gasteiger partial charge on any atom is 0.0994 e. The van der Waals surface area contributed by atoms with Crippen molar-refractivity contribution < 1.29 is 9.84 Å². The van der Waals surface area contributed by atoms with Crippen molar-refractivity contribution in [2.24, 2.45) is 5.92 Å². The van der Waals surface area contributed by atoms with Crippen molar-refractivity contribution in [1.82, 2.24) is 4.90 Å². The molecule has 0 saturated carbocycles. The van der Waals surface area contributed by atoms with E-state index in [-0.39, 0.29) is 6.10 Å². The molecule has 1 heterocycles. The fraction of sp³-hybridized carbons (Fsp3) is 0.625. The number of piperidine rings is 1. The Morgan fingerprint density at radius 1 is 1.37 bits per heavy atom. The largest absolute Gasteiger partial charge is 0.384 e. The second-order valence-corrected chi connectivity index (χ2v) is 5.92. The van der Waals surface area contributed by atoms with Crippen LogP contribution in [0.1, 0.15) is 25.8 Å². The van der Waals surface area contributed by atoms with Gasteiger partial charge in [-0.1, -0.05) is 37.3 Å². The number of methoxy groups -OCH3 is 1. The van der Waals surface area contributed by atoms with Crippen LogP contribution < -0.4 is 0 Å². The van der Waals surface area contributed by atoms with Gasteiger partial charge in [0.1, 0.15) is 0 Å². The van der Waals surface area contributed by atoms with Gasteiger partial charge < -0.3 is 9.84 Å². The number of rotatable bonds is 4. The van der Waals surface area contributed by atoms with Crippen molar-refractivity contribution in [2.75, 3.05) is 26.7 Å². The minimum atomic E-state index is -0.805. The summed E-state index contributed by atoms with van der Waals surface area (Å²) >= 11 is 0. The third kappa shape index (κ3) is 3.56. The molecule has 0 aliphatic carbocycles. The van der Waals surface area contributed by atoms with E-state index in [1.807, 2.05) is 37.3 Å². The molecule has 1 saturated heterocycles. The van der Waals surface area contributed by atoms with Crippen LogP contribution in [-0.4, -0.2) is 42.9 Å². The van der Waals surface area contributed by atoms with Gasteiger partial charge in [0.05, 0.1) is 11.7 Å². The van der Waals surface area contributed by atoms with Gasteiger partial charge in [0.15, 0.2) is 0 Å². The smallest absolute Gasteiger partial charge is 0.0994 e. The molecule has 1 aromatic rings. The Hall–Kier alpha value is -0.900. The molecule has 3 nitrogen and oxygen atoms in total. The SMILES string of the molecule is COC1CN(CC(C)(O)c2ccccc2)CCC1C. The molecule has 0 aromatic heterocycles. The molecule has 1 fully saturated rings. The second kappa shape index (κ2) is 6.04. The first-order chi connectivity index (χ1) is 9.03. The summed E-state index contributed by atoms with van der Waals surface area (Å²) in [5, 5.41) is 10.7. The summed E-state index contributed by atoms with van der Waals surface area (Å²) in [6, 6.07) is 9.89. The highest BCUT2D eigenvalue weighted by Gasteiger charge is 2.31. The molecule has 0 amide bonds. The molecule has 106 valence electrons. The quantitative estimate of drug-likeness (QED) is 0.904. The molecule has 3 atom stereocenters. The lowest BCUT2D eigenvalue weighted by Crippen LogP contribution is -2.48. The Kier molecular flexibility index (Phi) is 4.61. The van der Waals surface area contributed by atoms with Crippen molar-refractivity contribution in [2.45, 2.75) is 32.0 Å². The highest BCUT2D eigenvalue weighted by molar-refractivity contribution is 5.21. The normalized spacial score (nSPS) is 28.0. The number of ether oxygens (including phenoxy) is 1. The summed E-state index contributed by atoms with van der Waals surface area (Å²) in [6.45, 7) is 6.72. The van der Waals surface area contributed by atoms with Gasteiger partial charge in [-0.25, -0.2) is 0 Å². The Morgan fingerprint density at radius 3 is 2.68 bits per heavy atom. The van der Waals surface area contributed by atoms with Crippen LogP contribution in [0.15, 0.2) is 30.3 Å². The van der Waals surface area contributed by atoms with Gasteiger partial charge in [-0.05, 0) is 31.4 Å². The lowest BCUT2D eigenvalue weighted by atomic mass is 9.91. The topological polar surface area (TPSA) is 32.7 Å². The van der Waals surface area contributed by atoms with Gasteiger partial charge in [0, 0.05) is 20.2 Å². The van der Waals surface area contributed by atoms with E-state index in [2.05, 4.69) is 11.8 Å². The van der Waals surface area contributed by atoms with E-state index in [1.165, 1.54) is 0 Å². The van der Waals surface area contributed by atoms with Crippen molar-refractivity contribution >= 4 is 0 Å². The standard InChI is InChI=1S/C16H25NO2/c1-13-9-10-17(11-15(13)19-3)12-16(2,18)14-7-5-4-6-8-14/h4-8,13,15,18H,9-12H2,1-3H3. The molecule has 0 bridgehead atoms. The van der Waals surface area contributed by atoms with Crippen LogP contribution in [0, 0.1) is 5.92 Å². The van der Waals surface area contributed by atoms with Gasteiger partial charge in [0.25, 0.3) is 0 Å². The van der Waals surface area contributed by atoms with Gasteiger partial charge >= 0.3 is 0 Å². The third-order valence-corrected chi connectivity index (χ3v) is 4.20. The van der Waals surface area contributed by atoms with Crippen molar-refractivity contribution in [3.8, 4) is 0 Å². The van der Waals surface area contributed by atoms with Crippen molar-refractivity contribution in [1.29, 1.82) is 0 Å². The van der Waals surface area contributed by atoms with Crippen molar-refractivity contribution in [3.05, 3.63) is 35.9 Å². The number of hydrogen-bond acceptors (Lipinski definition) is 3. The number of likely N-dealkylation sites (tertiary alicyclic amines) is 1. The molecule has 3 unspecified atom stereocenters. The highest BCUT2D eigenvalue weighted by Crippen LogP contribution is 2.25. The molecule has 1 aliphatic rings. The predicted molar refractivity (Wildman–Crippen MR) is 77.0 cm³/mol. The van der Waals surface area contributed by atoms with Gasteiger partial charge in [0.2, 0.25) is 0 Å². The zero-order chi connectivity index (χ0) is 13.9. The van der Waals surface area contributed by atoms with Crippen LogP contribution in [-0.2, 0) is 10.3 Å². The number of hydrogen-bond donors (Lipinski definition) is 1. The zero-order valence-corrected chi connectivity index (χ0v) is 12.2. The van der Waals surface area contributed by atoms with Crippen molar-refractivity contribution in [3.63, 3.8) is 0 Å². The second-order valence-electron chi connectivity index (χ2n) is 5.92. The maximum absolute atomic E-state index is 10.7. The third-order valence-electron chi connectivity index (χ3n) is 4.20. The van der Waals surface area contributed by atoms with Crippen LogP contribution >= 0.6 is 0 Å². The molecular formula is C16H25NO2. The van der Waals surface area contributed by atoms with Gasteiger partial charge in [-0.2, -0.15) is 0 Å². The fourth-order valence-corrected chi connectivity index (χ4v) is 2.87. The minimum absolute atomic E-state index is 0.278. The maximum atomic E-state index is 10.7. The van der Waals surface area contributed by atoms with E-state index >= 15 is 0 Å². The van der Waals surface area contributed by atoms with Crippen LogP contribution in [0.2, 0.25) is 0 Å². The average molecular weight is 263 g/mol. The van der Waals surface area contributed by atoms with Crippen LogP contribution in [0.25, 0.3) is 0 Å². The molecule has 2 rings (SSSR count). The Balaban J connectivity index is 2.01. The molecular weight excluding hydrogens is 238 g/mol. The first kappa shape index (κ1) is 14.5. The van der Waals surface area contributed by atoms with E-state index in [0.717, 1.165) is 25.1 Å². The summed E-state index contributed by atoms with van der Waals surface area (Å²) in [7, 11) is 1.78. The lowest BCUT2D eigenvalue weighted by Gasteiger charge is -2.39. The Morgan fingerprint density at radius 2 is 2.05 bits per heavy atom. The molecule has 1 aromatic carbocycles. The van der Waals surface area contributed by atoms with Gasteiger partial charge in [-0.15, -0.1) is 0 Å². The summed E-state index contributed by atoms with van der Waals surface area (Å²) in [5.41, 5.74) is 0.169. The Bertz CT molecular complexity index is 391. The first-order valence-electron chi connectivity index (χ1n) is 7.06. The molecule has 0 radical (unpaired) electrons. The minimum Gasteiger partial charge on any atom is -0.384 e. The zero-order valence-electron chi connectivity index (χ0n) is 12.2. The summed E-state index contributed by atoms with van der Waals surface area (Å²) < 4.78 is 5.53. The predicted octanol–water partition coefficient (Wildman–Crippen LogP) is 2.25. The average Bonchev–Trinajstić information content (AvgIpc) is 2.42. The van der Waals surface area contributed by atoms with E-state index in [4.69, 9.17) is 4.74 Å². The molecule has 1 aliphatic heterocycles. The molecule has 19 heavy (non-hydrogen) atoms. The summed E-state index contributed by atoms with van der Waals surface area (Å²) in [6.07, 6.45) is 1.41. The van der Waals surface area contributed by atoms with Crippen LogP contribution in [0.4, 0.5) is 0 Å². The van der Waals surface area contributed by atoms with E-state index in [9.17, 15) is 5.11 Å². The van der Waals surface area contributed by atoms with E-state index < -0.39 is 5.60 Å². The molecule has 0 spiro atoms. The number of β-amino-alcohol motifs (C(OH)–C–C–N with tert-alkyl or cyclic N) is 1. The Labute approximate surface area is 116 Å². The lowest BCUT2D eigenvalue weighted by molar-refractivity contribution is -0.0426. The summed E-state index contributed by atoms with van der Waals surface area (Å²) in [5.74, 6) is 0.600. The molecule has 3 heteroatoms.